The highest BCUT2D eigenvalue weighted by molar-refractivity contribution is 7.99. The molecule has 5 rings (SSSR count). The molecule has 5 nitrogen and oxygen atoms in total. The summed E-state index contributed by atoms with van der Waals surface area (Å²) in [5.74, 6) is 0.536. The van der Waals surface area contributed by atoms with Crippen molar-refractivity contribution in [2.75, 3.05) is 12.3 Å². The smallest absolute Gasteiger partial charge is 0.233 e. The Kier molecular flexibility index (Phi) is 3.90. The fourth-order valence-electron chi connectivity index (χ4n) is 3.38. The number of nitrogens with zero attached hydrogens (tertiary/aromatic N) is 4. The van der Waals surface area contributed by atoms with E-state index in [9.17, 15) is 4.79 Å². The van der Waals surface area contributed by atoms with Gasteiger partial charge < -0.3 is 4.90 Å². The average molecular weight is 380 g/mol. The van der Waals surface area contributed by atoms with Crippen LogP contribution in [0.3, 0.4) is 0 Å². The number of carbonyl (C=O) groups excluding carboxylic acids is 1. The highest BCUT2D eigenvalue weighted by Crippen LogP contribution is 2.29. The van der Waals surface area contributed by atoms with Gasteiger partial charge in [-0.25, -0.2) is 0 Å². The summed E-state index contributed by atoms with van der Waals surface area (Å²) in [5.41, 5.74) is 3.71. The maximum atomic E-state index is 12.7. The predicted octanol–water partition coefficient (Wildman–Crippen LogP) is 3.62. The number of hydrogen-bond acceptors (Lipinski definition) is 5. The van der Waals surface area contributed by atoms with Crippen LogP contribution >= 0.6 is 23.1 Å². The molecule has 130 valence electrons. The van der Waals surface area contributed by atoms with Gasteiger partial charge in [0.05, 0.1) is 16.0 Å². The Morgan fingerprint density at radius 1 is 1.08 bits per heavy atom. The molecular formula is C19H16N4OS2. The third kappa shape index (κ3) is 2.68. The number of aromatic nitrogens is 3. The van der Waals surface area contributed by atoms with Crippen molar-refractivity contribution in [3.8, 4) is 0 Å². The number of hydrogen-bond donors (Lipinski definition) is 0. The van der Waals surface area contributed by atoms with Crippen LogP contribution in [0.4, 0.5) is 0 Å². The highest BCUT2D eigenvalue weighted by atomic mass is 32.2. The minimum absolute atomic E-state index is 0.154. The molecule has 0 bridgehead atoms. The summed E-state index contributed by atoms with van der Waals surface area (Å²) >= 11 is 3.08. The first kappa shape index (κ1) is 15.8. The van der Waals surface area contributed by atoms with Crippen molar-refractivity contribution in [3.63, 3.8) is 0 Å². The van der Waals surface area contributed by atoms with Crippen molar-refractivity contribution < 1.29 is 4.79 Å². The van der Waals surface area contributed by atoms with Crippen LogP contribution in [0.1, 0.15) is 11.1 Å². The maximum absolute atomic E-state index is 12.7. The summed E-state index contributed by atoms with van der Waals surface area (Å²) in [4.78, 5) is 15.5. The van der Waals surface area contributed by atoms with Crippen LogP contribution in [0, 0.1) is 0 Å². The van der Waals surface area contributed by atoms with Crippen LogP contribution in [0.25, 0.3) is 15.2 Å². The highest BCUT2D eigenvalue weighted by Gasteiger charge is 2.21. The molecule has 2 aromatic heterocycles. The van der Waals surface area contributed by atoms with Gasteiger partial charge >= 0.3 is 0 Å². The van der Waals surface area contributed by atoms with Gasteiger partial charge in [0.1, 0.15) is 0 Å². The minimum Gasteiger partial charge on any atom is -0.337 e. The maximum Gasteiger partial charge on any atom is 0.233 e. The quantitative estimate of drug-likeness (QED) is 0.510. The van der Waals surface area contributed by atoms with Gasteiger partial charge in [0.2, 0.25) is 10.9 Å². The average Bonchev–Trinajstić information content (AvgIpc) is 3.25. The first-order chi connectivity index (χ1) is 12.8. The predicted molar refractivity (Wildman–Crippen MR) is 105 cm³/mol. The van der Waals surface area contributed by atoms with E-state index in [1.807, 2.05) is 27.5 Å². The van der Waals surface area contributed by atoms with Gasteiger partial charge in [0, 0.05) is 13.1 Å². The van der Waals surface area contributed by atoms with Gasteiger partial charge in [-0.15, -0.1) is 10.2 Å². The van der Waals surface area contributed by atoms with Gasteiger partial charge in [-0.05, 0) is 29.7 Å². The molecule has 3 heterocycles. The van der Waals surface area contributed by atoms with Crippen LogP contribution < -0.4 is 0 Å². The van der Waals surface area contributed by atoms with Gasteiger partial charge in [-0.3, -0.25) is 9.20 Å². The molecule has 4 aromatic rings. The molecule has 2 aromatic carbocycles. The largest absolute Gasteiger partial charge is 0.337 e. The van der Waals surface area contributed by atoms with Crippen LogP contribution in [-0.2, 0) is 17.8 Å². The number of thioether (sulfide) groups is 1. The Balaban J connectivity index is 1.34. The second-order valence-electron chi connectivity index (χ2n) is 6.29. The monoisotopic (exact) mass is 380 g/mol. The van der Waals surface area contributed by atoms with E-state index < -0.39 is 0 Å². The molecule has 0 saturated carbocycles. The van der Waals surface area contributed by atoms with Crippen LogP contribution in [0.5, 0.6) is 0 Å². The lowest BCUT2D eigenvalue weighted by atomic mass is 10.00. The Labute approximate surface area is 158 Å². The molecule has 26 heavy (non-hydrogen) atoms. The number of fused-ring (bicyclic) bond motifs is 4. The molecule has 7 heteroatoms. The van der Waals surface area contributed by atoms with E-state index in [0.717, 1.165) is 28.6 Å². The van der Waals surface area contributed by atoms with Crippen molar-refractivity contribution in [2.45, 2.75) is 18.1 Å². The van der Waals surface area contributed by atoms with E-state index in [1.54, 1.807) is 11.3 Å². The summed E-state index contributed by atoms with van der Waals surface area (Å²) < 4.78 is 3.22. The first-order valence-corrected chi connectivity index (χ1v) is 10.3. The normalized spacial score (nSPS) is 14.1. The van der Waals surface area contributed by atoms with Crippen molar-refractivity contribution in [2.24, 2.45) is 0 Å². The van der Waals surface area contributed by atoms with E-state index in [4.69, 9.17) is 0 Å². The molecule has 1 aliphatic rings. The third-order valence-electron chi connectivity index (χ3n) is 4.72. The molecule has 0 N–H and O–H groups in total. The second-order valence-corrected chi connectivity index (χ2v) is 8.24. The van der Waals surface area contributed by atoms with Crippen LogP contribution in [0.15, 0.2) is 53.7 Å². The van der Waals surface area contributed by atoms with E-state index >= 15 is 0 Å². The molecule has 0 aliphatic carbocycles. The number of amides is 1. The number of benzene rings is 2. The van der Waals surface area contributed by atoms with Gasteiger partial charge in [-0.1, -0.05) is 59.5 Å². The molecular weight excluding hydrogens is 364 g/mol. The lowest BCUT2D eigenvalue weighted by molar-refractivity contribution is -0.129. The number of carbonyl (C=O) groups is 1. The number of para-hydroxylation sites is 1. The van der Waals surface area contributed by atoms with Crippen molar-refractivity contribution in [3.05, 3.63) is 59.7 Å². The Morgan fingerprint density at radius 2 is 1.88 bits per heavy atom. The summed E-state index contributed by atoms with van der Waals surface area (Å²) in [6.45, 7) is 1.49. The lowest BCUT2D eigenvalue weighted by Crippen LogP contribution is -2.37. The lowest BCUT2D eigenvalue weighted by Gasteiger charge is -2.28. The zero-order valence-corrected chi connectivity index (χ0v) is 15.6. The zero-order chi connectivity index (χ0) is 17.5. The fourth-order valence-corrected chi connectivity index (χ4v) is 5.25. The molecule has 0 spiro atoms. The van der Waals surface area contributed by atoms with E-state index in [1.165, 1.54) is 27.6 Å². The minimum atomic E-state index is 0.154. The number of thiazole rings is 1. The summed E-state index contributed by atoms with van der Waals surface area (Å²) in [6.07, 6.45) is 0.928. The Morgan fingerprint density at radius 3 is 2.81 bits per heavy atom. The number of rotatable bonds is 3. The summed E-state index contributed by atoms with van der Waals surface area (Å²) in [7, 11) is 0. The summed E-state index contributed by atoms with van der Waals surface area (Å²) in [5, 5.41) is 9.32. The molecule has 0 fully saturated rings. The summed E-state index contributed by atoms with van der Waals surface area (Å²) in [6, 6.07) is 16.6. The fraction of sp³-hybridized carbons (Fsp3) is 0.211. The van der Waals surface area contributed by atoms with Crippen molar-refractivity contribution >= 4 is 44.2 Å². The second kappa shape index (κ2) is 6.41. The van der Waals surface area contributed by atoms with Gasteiger partial charge in [0.25, 0.3) is 0 Å². The molecule has 1 amide bonds. The molecule has 0 saturated heterocycles. The van der Waals surface area contributed by atoms with Crippen molar-refractivity contribution in [1.82, 2.24) is 19.5 Å². The van der Waals surface area contributed by atoms with E-state index in [-0.39, 0.29) is 5.91 Å². The van der Waals surface area contributed by atoms with Gasteiger partial charge in [-0.2, -0.15) is 0 Å². The topological polar surface area (TPSA) is 50.5 Å². The molecule has 0 unspecified atom stereocenters. The Hall–Kier alpha value is -2.38. The molecule has 1 aliphatic heterocycles. The zero-order valence-electron chi connectivity index (χ0n) is 14.0. The Bertz CT molecular complexity index is 1120. The van der Waals surface area contributed by atoms with E-state index in [2.05, 4.69) is 40.5 Å². The van der Waals surface area contributed by atoms with Gasteiger partial charge in [0.15, 0.2) is 5.16 Å². The molecule has 0 atom stereocenters. The van der Waals surface area contributed by atoms with Crippen molar-refractivity contribution in [1.29, 1.82) is 0 Å². The molecule has 0 radical (unpaired) electrons. The van der Waals surface area contributed by atoms with Crippen LogP contribution in [0.2, 0.25) is 0 Å². The standard InChI is InChI=1S/C19H16N4OS2/c24-17(22-10-9-13-5-1-2-6-14(13)11-22)12-25-18-20-21-19-23(18)15-7-3-4-8-16(15)26-19/h1-8H,9-12H2. The first-order valence-electron chi connectivity index (χ1n) is 8.49. The van der Waals surface area contributed by atoms with Crippen LogP contribution in [-0.4, -0.2) is 37.7 Å². The SMILES string of the molecule is O=C(CSc1nnc2sc3ccccc3n12)N1CCc2ccccc2C1. The van der Waals surface area contributed by atoms with E-state index in [0.29, 0.717) is 12.3 Å². The third-order valence-corrected chi connectivity index (χ3v) is 6.64.